The zero-order valence-electron chi connectivity index (χ0n) is 11.1. The van der Waals surface area contributed by atoms with E-state index in [9.17, 15) is 9.59 Å². The molecule has 2 amide bonds. The van der Waals surface area contributed by atoms with Crippen molar-refractivity contribution in [2.24, 2.45) is 23.7 Å². The van der Waals surface area contributed by atoms with E-state index < -0.39 is 0 Å². The molecule has 0 radical (unpaired) electrons. The molecule has 0 unspecified atom stereocenters. The molecule has 2 saturated carbocycles. The number of anilines is 1. The zero-order valence-corrected chi connectivity index (χ0v) is 14.2. The van der Waals surface area contributed by atoms with Crippen molar-refractivity contribution in [1.82, 2.24) is 5.01 Å². The first-order chi connectivity index (χ1) is 10.1. The molecule has 1 heterocycles. The van der Waals surface area contributed by atoms with Gasteiger partial charge in [-0.05, 0) is 30.4 Å². The van der Waals surface area contributed by atoms with E-state index in [1.165, 1.54) is 5.01 Å². The van der Waals surface area contributed by atoms with Crippen LogP contribution < -0.4 is 5.43 Å². The standard InChI is InChI=1S/C15H14Br2N2O2/c16-12-8-6-9(13(12)17)11-10(8)14(20)19(15(11)21)18-7-4-2-1-3-5-7/h1-5,8-13,18H,6H2/t8-,9-,10-,11-,12-,13+/m1/s1. The highest BCUT2D eigenvalue weighted by atomic mass is 79.9. The summed E-state index contributed by atoms with van der Waals surface area (Å²) in [5.41, 5.74) is 3.73. The predicted molar refractivity (Wildman–Crippen MR) is 85.9 cm³/mol. The lowest BCUT2D eigenvalue weighted by Crippen LogP contribution is -2.38. The minimum absolute atomic E-state index is 0.0785. The van der Waals surface area contributed by atoms with Gasteiger partial charge in [0.05, 0.1) is 17.5 Å². The van der Waals surface area contributed by atoms with Crippen molar-refractivity contribution in [1.29, 1.82) is 0 Å². The number of nitrogens with one attached hydrogen (secondary N) is 1. The summed E-state index contributed by atoms with van der Waals surface area (Å²) in [7, 11) is 0. The average Bonchev–Trinajstić information content (AvgIpc) is 3.09. The number of para-hydroxylation sites is 1. The van der Waals surface area contributed by atoms with E-state index in [4.69, 9.17) is 0 Å². The molecule has 4 rings (SSSR count). The number of rotatable bonds is 2. The Bertz CT molecular complexity index is 577. The van der Waals surface area contributed by atoms with Gasteiger partial charge in [-0.1, -0.05) is 50.1 Å². The summed E-state index contributed by atoms with van der Waals surface area (Å²) in [6.07, 6.45) is 0.956. The summed E-state index contributed by atoms with van der Waals surface area (Å²) in [5, 5.41) is 1.23. The Balaban J connectivity index is 1.62. The topological polar surface area (TPSA) is 49.4 Å². The summed E-state index contributed by atoms with van der Waals surface area (Å²) in [5.74, 6) is 0.0102. The minimum atomic E-state index is -0.170. The van der Waals surface area contributed by atoms with E-state index in [1.807, 2.05) is 30.3 Å². The molecular weight excluding hydrogens is 400 g/mol. The van der Waals surface area contributed by atoms with Gasteiger partial charge in [0.25, 0.3) is 11.8 Å². The van der Waals surface area contributed by atoms with E-state index in [-0.39, 0.29) is 45.1 Å². The van der Waals surface area contributed by atoms with Crippen LogP contribution in [0.15, 0.2) is 30.3 Å². The second-order valence-corrected chi connectivity index (χ2v) is 8.11. The quantitative estimate of drug-likeness (QED) is 0.599. The molecule has 3 fully saturated rings. The number of alkyl halides is 2. The number of fused-ring (bicyclic) bond motifs is 5. The van der Waals surface area contributed by atoms with Crippen molar-refractivity contribution in [2.45, 2.75) is 16.1 Å². The van der Waals surface area contributed by atoms with Gasteiger partial charge in [0.1, 0.15) is 0 Å². The summed E-state index contributed by atoms with van der Waals surface area (Å²) in [6.45, 7) is 0. The van der Waals surface area contributed by atoms with E-state index in [0.717, 1.165) is 12.1 Å². The number of benzene rings is 1. The molecule has 1 N–H and O–H groups in total. The third-order valence-corrected chi connectivity index (χ3v) is 8.21. The Labute approximate surface area is 139 Å². The van der Waals surface area contributed by atoms with Crippen LogP contribution >= 0.6 is 31.9 Å². The predicted octanol–water partition coefficient (Wildman–Crippen LogP) is 2.79. The van der Waals surface area contributed by atoms with Gasteiger partial charge in [0, 0.05) is 9.65 Å². The van der Waals surface area contributed by atoms with Gasteiger partial charge >= 0.3 is 0 Å². The number of imide groups is 1. The van der Waals surface area contributed by atoms with Crippen molar-refractivity contribution in [2.75, 3.05) is 5.43 Å². The van der Waals surface area contributed by atoms with Crippen molar-refractivity contribution in [3.05, 3.63) is 30.3 Å². The van der Waals surface area contributed by atoms with Gasteiger partial charge in [0.15, 0.2) is 0 Å². The van der Waals surface area contributed by atoms with Crippen LogP contribution in [0.4, 0.5) is 5.69 Å². The number of hydrogen-bond acceptors (Lipinski definition) is 3. The smallest absolute Gasteiger partial charge is 0.252 e. The number of amides is 2. The Morgan fingerprint density at radius 1 is 0.952 bits per heavy atom. The molecular formula is C15H14Br2N2O2. The van der Waals surface area contributed by atoms with Gasteiger partial charge in [-0.25, -0.2) is 0 Å². The molecule has 6 atom stereocenters. The first-order valence-corrected chi connectivity index (χ1v) is 8.90. The van der Waals surface area contributed by atoms with Crippen LogP contribution in [0, 0.1) is 23.7 Å². The second kappa shape index (κ2) is 4.81. The molecule has 3 aliphatic rings. The summed E-state index contributed by atoms with van der Waals surface area (Å²) in [4.78, 5) is 25.9. The number of hydrazine groups is 1. The first-order valence-electron chi connectivity index (χ1n) is 7.07. The van der Waals surface area contributed by atoms with Crippen molar-refractivity contribution in [3.63, 3.8) is 0 Å². The number of halogens is 2. The van der Waals surface area contributed by atoms with Gasteiger partial charge in [0.2, 0.25) is 0 Å². The fraction of sp³-hybridized carbons (Fsp3) is 0.467. The van der Waals surface area contributed by atoms with E-state index in [0.29, 0.717) is 0 Å². The molecule has 110 valence electrons. The van der Waals surface area contributed by atoms with Crippen LogP contribution in [0.5, 0.6) is 0 Å². The van der Waals surface area contributed by atoms with Crippen molar-refractivity contribution in [3.8, 4) is 0 Å². The molecule has 1 saturated heterocycles. The van der Waals surface area contributed by atoms with Crippen LogP contribution in [-0.2, 0) is 9.59 Å². The minimum Gasteiger partial charge on any atom is -0.289 e. The molecule has 4 nitrogen and oxygen atoms in total. The fourth-order valence-electron chi connectivity index (χ4n) is 4.10. The third kappa shape index (κ3) is 1.84. The highest BCUT2D eigenvalue weighted by Gasteiger charge is 2.66. The monoisotopic (exact) mass is 412 g/mol. The van der Waals surface area contributed by atoms with Crippen LogP contribution in [0.2, 0.25) is 0 Å². The van der Waals surface area contributed by atoms with Gasteiger partial charge in [-0.3, -0.25) is 15.0 Å². The highest BCUT2D eigenvalue weighted by Crippen LogP contribution is 2.60. The number of nitrogens with zero attached hydrogens (tertiary/aromatic N) is 1. The van der Waals surface area contributed by atoms with E-state index in [1.54, 1.807) is 0 Å². The maximum absolute atomic E-state index is 12.7. The Morgan fingerprint density at radius 2 is 1.48 bits per heavy atom. The SMILES string of the molecule is O=C1[C@@H]2[C@H]3C[C@@H]([C@@H](Br)[C@H]3Br)[C@H]2C(=O)N1Nc1ccccc1. The Morgan fingerprint density at radius 3 is 2.00 bits per heavy atom. The lowest BCUT2D eigenvalue weighted by molar-refractivity contribution is -0.139. The summed E-state index contributed by atoms with van der Waals surface area (Å²) in [6, 6.07) is 9.36. The first kappa shape index (κ1) is 13.8. The van der Waals surface area contributed by atoms with Crippen LogP contribution in [0.3, 0.4) is 0 Å². The number of carbonyl (C=O) groups excluding carboxylic acids is 2. The molecule has 1 aromatic carbocycles. The van der Waals surface area contributed by atoms with Crippen LogP contribution in [0.25, 0.3) is 0 Å². The van der Waals surface area contributed by atoms with E-state index >= 15 is 0 Å². The Kier molecular flexibility index (Phi) is 3.15. The van der Waals surface area contributed by atoms with Gasteiger partial charge in [-0.2, -0.15) is 5.01 Å². The molecule has 2 aliphatic carbocycles. The van der Waals surface area contributed by atoms with Gasteiger partial charge in [-0.15, -0.1) is 0 Å². The molecule has 2 bridgehead atoms. The van der Waals surface area contributed by atoms with Crippen molar-refractivity contribution >= 4 is 49.4 Å². The van der Waals surface area contributed by atoms with E-state index in [2.05, 4.69) is 37.3 Å². The number of hydrogen-bond donors (Lipinski definition) is 1. The summed E-state index contributed by atoms with van der Waals surface area (Å²) < 4.78 is 0. The second-order valence-electron chi connectivity index (χ2n) is 5.99. The van der Waals surface area contributed by atoms with Crippen LogP contribution in [0.1, 0.15) is 6.42 Å². The molecule has 0 spiro atoms. The molecule has 0 aromatic heterocycles. The summed E-state index contributed by atoms with van der Waals surface area (Å²) >= 11 is 7.36. The fourth-order valence-corrected chi connectivity index (χ4v) is 5.97. The number of carbonyl (C=O) groups is 2. The lowest BCUT2D eigenvalue weighted by atomic mass is 9.81. The molecule has 21 heavy (non-hydrogen) atoms. The third-order valence-electron chi connectivity index (χ3n) is 5.00. The normalized spacial score (nSPS) is 40.8. The van der Waals surface area contributed by atoms with Crippen LogP contribution in [-0.4, -0.2) is 26.5 Å². The van der Waals surface area contributed by atoms with Crippen molar-refractivity contribution < 1.29 is 9.59 Å². The zero-order chi connectivity index (χ0) is 14.7. The lowest BCUT2D eigenvalue weighted by Gasteiger charge is -2.28. The molecule has 1 aliphatic heterocycles. The van der Waals surface area contributed by atoms with Gasteiger partial charge < -0.3 is 0 Å². The molecule has 1 aromatic rings. The largest absolute Gasteiger partial charge is 0.289 e. The average molecular weight is 414 g/mol. The highest BCUT2D eigenvalue weighted by molar-refractivity contribution is 9.12. The maximum Gasteiger partial charge on any atom is 0.252 e. The molecule has 6 heteroatoms. The maximum atomic E-state index is 12.7. The Hall–Kier alpha value is -0.880.